The highest BCUT2D eigenvalue weighted by Crippen LogP contribution is 2.11. The Bertz CT molecular complexity index is 244. The molecule has 1 rings (SSSR count). The van der Waals surface area contributed by atoms with Crippen LogP contribution in [0.2, 0.25) is 0 Å². The van der Waals surface area contributed by atoms with Crippen LogP contribution in [-0.2, 0) is 19.1 Å². The van der Waals surface area contributed by atoms with Gasteiger partial charge in [-0.1, -0.05) is 20.8 Å². The van der Waals surface area contributed by atoms with Crippen LogP contribution in [-0.4, -0.2) is 47.7 Å². The molecule has 4 nitrogen and oxygen atoms in total. The van der Waals surface area contributed by atoms with Crippen LogP contribution in [0.3, 0.4) is 0 Å². The van der Waals surface area contributed by atoms with Crippen molar-refractivity contribution in [1.29, 1.82) is 0 Å². The van der Waals surface area contributed by atoms with E-state index in [0.717, 1.165) is 11.5 Å². The zero-order chi connectivity index (χ0) is 13.8. The summed E-state index contributed by atoms with van der Waals surface area (Å²) in [6.45, 7) is 6.15. The molecule has 1 aliphatic rings. The molecule has 1 heterocycles. The molecule has 0 aromatic carbocycles. The lowest BCUT2D eigenvalue weighted by atomic mass is 10.2. The lowest BCUT2D eigenvalue weighted by Crippen LogP contribution is -2.37. The molecule has 0 aromatic heterocycles. The molecule has 0 spiro atoms. The zero-order valence-electron chi connectivity index (χ0n) is 11.3. The minimum Gasteiger partial charge on any atom is -0.451 e. The Morgan fingerprint density at radius 2 is 1.72 bits per heavy atom. The van der Waals surface area contributed by atoms with E-state index in [1.54, 1.807) is 11.8 Å². The van der Waals surface area contributed by atoms with Crippen LogP contribution in [0.5, 0.6) is 0 Å². The largest absolute Gasteiger partial charge is 0.451 e. The molecule has 0 saturated carbocycles. The molecule has 0 aliphatic carbocycles. The Hall–Kier alpha value is -0.360. The minimum absolute atomic E-state index is 0.240. The third-order valence-electron chi connectivity index (χ3n) is 2.01. The number of cyclic esters (lactones) is 2. The van der Waals surface area contributed by atoms with Gasteiger partial charge in [0.25, 0.3) is 0 Å². The van der Waals surface area contributed by atoms with Crippen molar-refractivity contribution >= 4 is 35.5 Å². The fraction of sp³-hybridized carbons (Fsp3) is 0.833. The van der Waals surface area contributed by atoms with Gasteiger partial charge in [0.15, 0.2) is 12.7 Å². The second-order valence-corrected chi connectivity index (χ2v) is 6.31. The molecule has 0 N–H and O–H groups in total. The normalized spacial score (nSPS) is 18.5. The SMILES string of the molecule is CCSCC.CCSCC[C@@H]1OC(=O)COC1=O. The first-order valence-corrected chi connectivity index (χ1v) is 8.48. The van der Waals surface area contributed by atoms with E-state index in [0.29, 0.717) is 6.42 Å². The second-order valence-electron chi connectivity index (χ2n) is 3.35. The van der Waals surface area contributed by atoms with Gasteiger partial charge < -0.3 is 9.47 Å². The molecular weight excluding hydrogens is 272 g/mol. The summed E-state index contributed by atoms with van der Waals surface area (Å²) in [6.07, 6.45) is -0.136. The van der Waals surface area contributed by atoms with Crippen LogP contribution >= 0.6 is 23.5 Å². The number of thioether (sulfide) groups is 2. The molecule has 1 fully saturated rings. The predicted octanol–water partition coefficient (Wildman–Crippen LogP) is 2.36. The molecule has 1 saturated heterocycles. The first kappa shape index (κ1) is 17.6. The first-order chi connectivity index (χ1) is 8.65. The Kier molecular flexibility index (Phi) is 11.5. The van der Waals surface area contributed by atoms with Gasteiger partial charge in [0.05, 0.1) is 0 Å². The molecule has 0 radical (unpaired) electrons. The molecule has 0 unspecified atom stereocenters. The van der Waals surface area contributed by atoms with Crippen molar-refractivity contribution < 1.29 is 19.1 Å². The average molecular weight is 294 g/mol. The smallest absolute Gasteiger partial charge is 0.348 e. The summed E-state index contributed by atoms with van der Waals surface area (Å²) in [5.41, 5.74) is 0. The van der Waals surface area contributed by atoms with Crippen molar-refractivity contribution in [2.75, 3.05) is 29.6 Å². The second kappa shape index (κ2) is 11.7. The summed E-state index contributed by atoms with van der Waals surface area (Å²) in [7, 11) is 0. The number of hydrogen-bond donors (Lipinski definition) is 0. The summed E-state index contributed by atoms with van der Waals surface area (Å²) >= 11 is 3.67. The highest BCUT2D eigenvalue weighted by molar-refractivity contribution is 7.99. The molecule has 0 aromatic rings. The van der Waals surface area contributed by atoms with Gasteiger partial charge in [-0.15, -0.1) is 0 Å². The molecule has 6 heteroatoms. The van der Waals surface area contributed by atoms with E-state index in [4.69, 9.17) is 4.74 Å². The van der Waals surface area contributed by atoms with Gasteiger partial charge in [0.1, 0.15) is 0 Å². The number of hydrogen-bond acceptors (Lipinski definition) is 6. The zero-order valence-corrected chi connectivity index (χ0v) is 12.9. The highest BCUT2D eigenvalue weighted by Gasteiger charge is 2.29. The number of ether oxygens (including phenoxy) is 2. The maximum absolute atomic E-state index is 11.0. The molecule has 0 amide bonds. The van der Waals surface area contributed by atoms with Gasteiger partial charge >= 0.3 is 11.9 Å². The van der Waals surface area contributed by atoms with Crippen LogP contribution in [0.25, 0.3) is 0 Å². The monoisotopic (exact) mass is 294 g/mol. The van der Waals surface area contributed by atoms with Crippen LogP contribution in [0, 0.1) is 0 Å². The van der Waals surface area contributed by atoms with Crippen molar-refractivity contribution in [1.82, 2.24) is 0 Å². The van der Waals surface area contributed by atoms with Gasteiger partial charge in [-0.2, -0.15) is 23.5 Å². The van der Waals surface area contributed by atoms with Crippen LogP contribution in [0.15, 0.2) is 0 Å². The quantitative estimate of drug-likeness (QED) is 0.554. The fourth-order valence-electron chi connectivity index (χ4n) is 1.18. The number of carbonyl (C=O) groups is 2. The van der Waals surface area contributed by atoms with E-state index in [9.17, 15) is 9.59 Å². The van der Waals surface area contributed by atoms with Gasteiger partial charge in [-0.3, -0.25) is 0 Å². The maximum Gasteiger partial charge on any atom is 0.348 e. The van der Waals surface area contributed by atoms with E-state index < -0.39 is 18.0 Å². The van der Waals surface area contributed by atoms with E-state index in [1.165, 1.54) is 11.5 Å². The predicted molar refractivity (Wildman–Crippen MR) is 77.1 cm³/mol. The van der Waals surface area contributed by atoms with Crippen molar-refractivity contribution in [2.45, 2.75) is 33.3 Å². The number of esters is 2. The Morgan fingerprint density at radius 1 is 1.11 bits per heavy atom. The van der Waals surface area contributed by atoms with Gasteiger partial charge in [0, 0.05) is 6.42 Å². The lowest BCUT2D eigenvalue weighted by molar-refractivity contribution is -0.184. The molecule has 106 valence electrons. The van der Waals surface area contributed by atoms with E-state index in [1.807, 2.05) is 18.7 Å². The molecule has 0 bridgehead atoms. The number of carbonyl (C=O) groups excluding carboxylic acids is 2. The summed E-state index contributed by atoms with van der Waals surface area (Å²) in [6, 6.07) is 0. The third-order valence-corrected chi connectivity index (χ3v) is 3.75. The summed E-state index contributed by atoms with van der Waals surface area (Å²) < 4.78 is 9.43. The van der Waals surface area contributed by atoms with E-state index >= 15 is 0 Å². The lowest BCUT2D eigenvalue weighted by Gasteiger charge is -2.20. The molecular formula is C12H22O4S2. The van der Waals surface area contributed by atoms with Crippen molar-refractivity contribution in [3.8, 4) is 0 Å². The van der Waals surface area contributed by atoms with E-state index in [-0.39, 0.29) is 6.61 Å². The van der Waals surface area contributed by atoms with Gasteiger partial charge in [-0.05, 0) is 23.0 Å². The summed E-state index contributed by atoms with van der Waals surface area (Å²) in [5.74, 6) is 3.45. The van der Waals surface area contributed by atoms with Crippen molar-refractivity contribution in [3.05, 3.63) is 0 Å². The van der Waals surface area contributed by atoms with Gasteiger partial charge in [0.2, 0.25) is 0 Å². The van der Waals surface area contributed by atoms with Crippen molar-refractivity contribution in [2.24, 2.45) is 0 Å². The third kappa shape index (κ3) is 8.69. The van der Waals surface area contributed by atoms with Crippen LogP contribution < -0.4 is 0 Å². The minimum atomic E-state index is -0.680. The number of rotatable bonds is 6. The van der Waals surface area contributed by atoms with Crippen LogP contribution in [0.4, 0.5) is 0 Å². The fourth-order valence-corrected chi connectivity index (χ4v) is 2.26. The van der Waals surface area contributed by atoms with E-state index in [2.05, 4.69) is 18.6 Å². The molecule has 18 heavy (non-hydrogen) atoms. The first-order valence-electron chi connectivity index (χ1n) is 6.17. The van der Waals surface area contributed by atoms with Crippen molar-refractivity contribution in [3.63, 3.8) is 0 Å². The van der Waals surface area contributed by atoms with Gasteiger partial charge in [-0.25, -0.2) is 9.59 Å². The standard InChI is InChI=1S/C8H12O4S.C4H10S/c1-2-13-4-3-6-8(10)11-5-7(9)12-6;1-3-5-4-2/h6H,2-5H2,1H3;3-4H2,1-2H3/t6-;/m0./s1. The Labute approximate surface area is 118 Å². The summed E-state index contributed by atoms with van der Waals surface area (Å²) in [5, 5.41) is 0. The topological polar surface area (TPSA) is 52.6 Å². The Balaban J connectivity index is 0.000000494. The highest BCUT2D eigenvalue weighted by atomic mass is 32.2. The molecule has 1 aliphatic heterocycles. The Morgan fingerprint density at radius 3 is 2.22 bits per heavy atom. The summed E-state index contributed by atoms with van der Waals surface area (Å²) in [4.78, 5) is 21.8. The van der Waals surface area contributed by atoms with Crippen LogP contribution in [0.1, 0.15) is 27.2 Å². The maximum atomic E-state index is 11.0. The average Bonchev–Trinajstić information content (AvgIpc) is 2.36. The molecule has 1 atom stereocenters.